The minimum Gasteiger partial charge on any atom is -0.473 e. The van der Waals surface area contributed by atoms with Crippen LogP contribution in [0.15, 0.2) is 97.1 Å². The molecule has 42 heavy (non-hydrogen) atoms. The van der Waals surface area contributed by atoms with Crippen LogP contribution in [0.2, 0.25) is 0 Å². The summed E-state index contributed by atoms with van der Waals surface area (Å²) in [7, 11) is 0. The number of carbonyl (C=O) groups excluding carboxylic acids is 1. The summed E-state index contributed by atoms with van der Waals surface area (Å²) in [5, 5.41) is 3.49. The van der Waals surface area contributed by atoms with Crippen LogP contribution in [0.4, 0.5) is 21.9 Å². The molecule has 1 amide bonds. The summed E-state index contributed by atoms with van der Waals surface area (Å²) in [5.41, 5.74) is 4.34. The van der Waals surface area contributed by atoms with Gasteiger partial charge in [0.1, 0.15) is 24.5 Å². The van der Waals surface area contributed by atoms with Gasteiger partial charge in [-0.3, -0.25) is 0 Å². The molecule has 0 radical (unpaired) electrons. The average molecular weight is 567 g/mol. The van der Waals surface area contributed by atoms with Crippen LogP contribution in [-0.4, -0.2) is 47.8 Å². The number of nitrogens with one attached hydrogen (secondary N) is 1. The maximum atomic E-state index is 12.5. The fraction of sp³-hybridized carbons (Fsp3) is 0.294. The molecule has 4 aromatic rings. The van der Waals surface area contributed by atoms with Gasteiger partial charge < -0.3 is 29.3 Å². The molecule has 3 aromatic carbocycles. The molecule has 0 saturated carbocycles. The lowest BCUT2D eigenvalue weighted by Crippen LogP contribution is -2.50. The van der Waals surface area contributed by atoms with Gasteiger partial charge in [-0.2, -0.15) is 4.98 Å². The number of benzene rings is 3. The summed E-state index contributed by atoms with van der Waals surface area (Å²) in [5.74, 6) is 0.949. The Morgan fingerprint density at radius 2 is 1.43 bits per heavy atom. The molecule has 0 bridgehead atoms. The van der Waals surface area contributed by atoms with E-state index in [1.165, 1.54) is 0 Å². The summed E-state index contributed by atoms with van der Waals surface area (Å²) in [6.07, 6.45) is -0.260. The smallest absolute Gasteiger partial charge is 0.410 e. The number of amides is 1. The highest BCUT2D eigenvalue weighted by atomic mass is 16.6. The van der Waals surface area contributed by atoms with Crippen molar-refractivity contribution in [2.24, 2.45) is 0 Å². The van der Waals surface area contributed by atoms with E-state index in [0.29, 0.717) is 38.1 Å². The molecule has 0 unspecified atom stereocenters. The van der Waals surface area contributed by atoms with Gasteiger partial charge in [0.05, 0.1) is 0 Å². The van der Waals surface area contributed by atoms with Crippen molar-refractivity contribution in [2.75, 3.05) is 36.4 Å². The van der Waals surface area contributed by atoms with Crippen LogP contribution >= 0.6 is 0 Å². The molecule has 1 aliphatic heterocycles. The Kier molecular flexibility index (Phi) is 9.12. The average Bonchev–Trinajstić information content (AvgIpc) is 3.00. The first-order valence-electron chi connectivity index (χ1n) is 14.3. The second-order valence-electron chi connectivity index (χ2n) is 11.2. The largest absolute Gasteiger partial charge is 0.473 e. The Labute approximate surface area is 247 Å². The second kappa shape index (κ2) is 13.3. The Hall–Kier alpha value is -4.72. The zero-order valence-corrected chi connectivity index (χ0v) is 24.5. The highest BCUT2D eigenvalue weighted by molar-refractivity contribution is 5.70. The zero-order chi connectivity index (χ0) is 29.4. The summed E-state index contributed by atoms with van der Waals surface area (Å²) >= 11 is 0. The number of ether oxygens (including phenoxy) is 3. The third-order valence-corrected chi connectivity index (χ3v) is 6.70. The first-order chi connectivity index (χ1) is 20.3. The SMILES string of the molecule is CC(C)(C)OC(=O)N1CCN(c2cccc(Nc3ccc(OCc4ccccc4)nc3OCc3ccccc3)c2)CC1. The van der Waals surface area contributed by atoms with E-state index in [4.69, 9.17) is 19.2 Å². The van der Waals surface area contributed by atoms with Gasteiger partial charge in [0, 0.05) is 43.6 Å². The molecule has 1 aliphatic rings. The number of rotatable bonds is 9. The Bertz CT molecular complexity index is 1450. The number of pyridine rings is 1. The van der Waals surface area contributed by atoms with Crippen LogP contribution < -0.4 is 19.7 Å². The van der Waals surface area contributed by atoms with E-state index in [2.05, 4.69) is 22.3 Å². The van der Waals surface area contributed by atoms with Crippen molar-refractivity contribution < 1.29 is 19.0 Å². The minimum atomic E-state index is -0.501. The van der Waals surface area contributed by atoms with Crippen LogP contribution in [-0.2, 0) is 18.0 Å². The molecule has 1 fully saturated rings. The molecule has 0 spiro atoms. The Morgan fingerprint density at radius 1 is 0.786 bits per heavy atom. The molecule has 218 valence electrons. The van der Waals surface area contributed by atoms with Gasteiger partial charge in [0.25, 0.3) is 0 Å². The van der Waals surface area contributed by atoms with Gasteiger partial charge >= 0.3 is 6.09 Å². The fourth-order valence-electron chi connectivity index (χ4n) is 4.58. The topological polar surface area (TPSA) is 76.2 Å². The molecule has 0 atom stereocenters. The zero-order valence-electron chi connectivity index (χ0n) is 24.5. The van der Waals surface area contributed by atoms with Gasteiger partial charge in [-0.1, -0.05) is 66.7 Å². The molecule has 8 nitrogen and oxygen atoms in total. The van der Waals surface area contributed by atoms with E-state index in [1.807, 2.05) is 106 Å². The number of piperazine rings is 1. The lowest BCUT2D eigenvalue weighted by Gasteiger charge is -2.36. The van der Waals surface area contributed by atoms with Gasteiger partial charge in [-0.15, -0.1) is 0 Å². The molecule has 5 rings (SSSR count). The predicted octanol–water partition coefficient (Wildman–Crippen LogP) is 7.04. The van der Waals surface area contributed by atoms with Crippen molar-refractivity contribution in [1.29, 1.82) is 0 Å². The van der Waals surface area contributed by atoms with Crippen LogP contribution in [0, 0.1) is 0 Å². The molecule has 0 aliphatic carbocycles. The second-order valence-corrected chi connectivity index (χ2v) is 11.2. The quantitative estimate of drug-likeness (QED) is 0.233. The number of carbonyl (C=O) groups is 1. The number of hydrogen-bond acceptors (Lipinski definition) is 7. The number of aromatic nitrogens is 1. The summed E-state index contributed by atoms with van der Waals surface area (Å²) in [4.78, 5) is 21.2. The van der Waals surface area contributed by atoms with Gasteiger partial charge in [0.2, 0.25) is 11.8 Å². The highest BCUT2D eigenvalue weighted by Crippen LogP contribution is 2.31. The number of anilines is 3. The van der Waals surface area contributed by atoms with Crippen molar-refractivity contribution in [2.45, 2.75) is 39.6 Å². The van der Waals surface area contributed by atoms with E-state index >= 15 is 0 Å². The van der Waals surface area contributed by atoms with E-state index in [0.717, 1.165) is 41.3 Å². The third-order valence-electron chi connectivity index (χ3n) is 6.70. The summed E-state index contributed by atoms with van der Waals surface area (Å²) in [6.45, 7) is 9.13. The molecular weight excluding hydrogens is 528 g/mol. The Balaban J connectivity index is 1.27. The highest BCUT2D eigenvalue weighted by Gasteiger charge is 2.26. The lowest BCUT2D eigenvalue weighted by molar-refractivity contribution is 0.0240. The molecule has 1 aromatic heterocycles. The minimum absolute atomic E-state index is 0.260. The number of hydrogen-bond donors (Lipinski definition) is 1. The molecule has 1 saturated heterocycles. The van der Waals surface area contributed by atoms with Crippen molar-refractivity contribution >= 4 is 23.2 Å². The van der Waals surface area contributed by atoms with Crippen LogP contribution in [0.3, 0.4) is 0 Å². The Morgan fingerprint density at radius 3 is 2.07 bits per heavy atom. The lowest BCUT2D eigenvalue weighted by atomic mass is 10.2. The van der Waals surface area contributed by atoms with Gasteiger partial charge in [-0.05, 0) is 56.2 Å². The molecule has 2 heterocycles. The third kappa shape index (κ3) is 8.16. The van der Waals surface area contributed by atoms with E-state index in [-0.39, 0.29) is 6.09 Å². The molecule has 8 heteroatoms. The molecule has 1 N–H and O–H groups in total. The normalized spacial score (nSPS) is 13.4. The van der Waals surface area contributed by atoms with Crippen LogP contribution in [0.25, 0.3) is 0 Å². The standard InChI is InChI=1S/C34H38N4O4/c1-34(2,3)42-33(39)38-21-19-37(20-22-38)29-16-10-15-28(23-29)35-30-17-18-31(40-24-26-11-6-4-7-12-26)36-32(30)41-25-27-13-8-5-9-14-27/h4-18,23,35H,19-22,24-25H2,1-3H3. The van der Waals surface area contributed by atoms with Crippen LogP contribution in [0.1, 0.15) is 31.9 Å². The molecular formula is C34H38N4O4. The predicted molar refractivity (Wildman–Crippen MR) is 166 cm³/mol. The maximum Gasteiger partial charge on any atom is 0.410 e. The number of nitrogens with zero attached hydrogens (tertiary/aromatic N) is 3. The van der Waals surface area contributed by atoms with Gasteiger partial charge in [0.15, 0.2) is 0 Å². The fourth-order valence-corrected chi connectivity index (χ4v) is 4.58. The van der Waals surface area contributed by atoms with E-state index < -0.39 is 5.60 Å². The van der Waals surface area contributed by atoms with Gasteiger partial charge in [-0.25, -0.2) is 4.79 Å². The monoisotopic (exact) mass is 566 g/mol. The van der Waals surface area contributed by atoms with E-state index in [1.54, 1.807) is 4.90 Å². The first kappa shape index (κ1) is 28.8. The van der Waals surface area contributed by atoms with Crippen molar-refractivity contribution in [3.8, 4) is 11.8 Å². The van der Waals surface area contributed by atoms with Crippen LogP contribution in [0.5, 0.6) is 11.8 Å². The summed E-state index contributed by atoms with van der Waals surface area (Å²) in [6, 6.07) is 32.0. The first-order valence-corrected chi connectivity index (χ1v) is 14.3. The van der Waals surface area contributed by atoms with Crippen molar-refractivity contribution in [3.05, 3.63) is 108 Å². The summed E-state index contributed by atoms with van der Waals surface area (Å²) < 4.78 is 17.7. The maximum absolute atomic E-state index is 12.5. The van der Waals surface area contributed by atoms with E-state index in [9.17, 15) is 4.79 Å². The van der Waals surface area contributed by atoms with Crippen molar-refractivity contribution in [3.63, 3.8) is 0 Å². The van der Waals surface area contributed by atoms with Crippen molar-refractivity contribution in [1.82, 2.24) is 9.88 Å².